The van der Waals surface area contributed by atoms with Gasteiger partial charge in [0.1, 0.15) is 6.61 Å². The number of hydrogen-bond acceptors (Lipinski definition) is 8. The lowest BCUT2D eigenvalue weighted by molar-refractivity contribution is -0.161. The number of carbonyl (C=O) groups is 2. The van der Waals surface area contributed by atoms with Crippen molar-refractivity contribution in [1.29, 1.82) is 0 Å². The van der Waals surface area contributed by atoms with Crippen molar-refractivity contribution >= 4 is 19.8 Å². The largest absolute Gasteiger partial charge is 0.472 e. The van der Waals surface area contributed by atoms with Crippen LogP contribution in [-0.4, -0.2) is 49.3 Å². The van der Waals surface area contributed by atoms with Crippen LogP contribution < -0.4 is 5.73 Å². The van der Waals surface area contributed by atoms with Crippen LogP contribution in [0.15, 0.2) is 146 Å². The maximum Gasteiger partial charge on any atom is 0.472 e. The Morgan fingerprint density at radius 1 is 0.370 bits per heavy atom. The molecule has 0 saturated carbocycles. The molecule has 10 heteroatoms. The molecular weight excluding hydrogens is 1030 g/mol. The molecule has 81 heavy (non-hydrogen) atoms. The van der Waals surface area contributed by atoms with Gasteiger partial charge in [0, 0.05) is 19.4 Å². The predicted octanol–water partition coefficient (Wildman–Crippen LogP) is 21.1. The molecule has 460 valence electrons. The highest BCUT2D eigenvalue weighted by Gasteiger charge is 2.26. The van der Waals surface area contributed by atoms with E-state index in [4.69, 9.17) is 24.3 Å². The molecule has 0 fully saturated rings. The minimum atomic E-state index is -4.40. The SMILES string of the molecule is CC/C=C\C/C=C\C/C=C\C/C=C\C/C=C\C/C=C\C/C=C\CCCCCCCCCCCCCCCCCCCC(=O)OC(COC(=O)CCCCCCC/C=C\C/C=C\C/C=C\C/C=C\C/C=C\CC)COP(=O)(O)OCCN. The second-order valence-corrected chi connectivity index (χ2v) is 22.3. The molecular formula is C71H118NO8P. The van der Waals surface area contributed by atoms with Crippen LogP contribution in [0.5, 0.6) is 0 Å². The summed E-state index contributed by atoms with van der Waals surface area (Å²) in [7, 11) is -4.40. The van der Waals surface area contributed by atoms with E-state index in [-0.39, 0.29) is 32.6 Å². The van der Waals surface area contributed by atoms with Crippen LogP contribution in [0.3, 0.4) is 0 Å². The molecule has 0 saturated heterocycles. The molecule has 2 unspecified atom stereocenters. The van der Waals surface area contributed by atoms with E-state index in [1.165, 1.54) is 89.9 Å². The van der Waals surface area contributed by atoms with Crippen molar-refractivity contribution in [3.05, 3.63) is 146 Å². The van der Waals surface area contributed by atoms with Gasteiger partial charge in [-0.1, -0.05) is 275 Å². The lowest BCUT2D eigenvalue weighted by Gasteiger charge is -2.19. The number of phosphoric acid groups is 1. The summed E-state index contributed by atoms with van der Waals surface area (Å²) in [5, 5.41) is 0. The Kier molecular flexibility index (Phi) is 61.7. The first kappa shape index (κ1) is 76.9. The molecule has 0 aliphatic rings. The quantitative estimate of drug-likeness (QED) is 0.0264. The minimum Gasteiger partial charge on any atom is -0.462 e. The standard InChI is InChI=1S/C71H118NO8P/c1-3-5-7-9-11-13-15-17-19-21-23-25-26-27-28-29-30-31-32-33-34-35-36-37-38-39-40-41-42-44-46-48-50-52-54-56-58-60-62-64-71(74)80-69(68-79-81(75,76)78-66-65-72)67-77-70(73)63-61-59-57-55-53-51-49-47-45-43-24-22-20-18-16-14-12-10-8-6-4-2/h5-8,11-14,17-20,23-25,27-28,30-31,33-34,43,47,49,69H,3-4,9-10,15-16,21-22,26,29,32,35-42,44-46,48,50-68,72H2,1-2H3,(H,75,76)/b7-5-,8-6-,13-11-,14-12-,19-17-,20-18-,25-23-,28-27-,31-30-,34-33-,43-24-,49-47-. The fourth-order valence-electron chi connectivity index (χ4n) is 8.53. The average Bonchev–Trinajstić information content (AvgIpc) is 3.46. The Morgan fingerprint density at radius 2 is 0.642 bits per heavy atom. The molecule has 3 N–H and O–H groups in total. The van der Waals surface area contributed by atoms with Crippen molar-refractivity contribution in [1.82, 2.24) is 0 Å². The van der Waals surface area contributed by atoms with E-state index >= 15 is 0 Å². The predicted molar refractivity (Wildman–Crippen MR) is 348 cm³/mol. The van der Waals surface area contributed by atoms with Crippen LogP contribution in [0.25, 0.3) is 0 Å². The van der Waals surface area contributed by atoms with Gasteiger partial charge in [-0.2, -0.15) is 0 Å². The summed E-state index contributed by atoms with van der Waals surface area (Å²) in [4.78, 5) is 35.3. The molecule has 0 rings (SSSR count). The molecule has 2 atom stereocenters. The molecule has 0 aromatic rings. The van der Waals surface area contributed by atoms with Crippen LogP contribution in [0.1, 0.15) is 258 Å². The first-order valence-electron chi connectivity index (χ1n) is 32.3. The summed E-state index contributed by atoms with van der Waals surface area (Å²) in [5.41, 5.74) is 5.39. The van der Waals surface area contributed by atoms with Crippen LogP contribution in [0, 0.1) is 0 Å². The van der Waals surface area contributed by atoms with Gasteiger partial charge in [0.05, 0.1) is 13.2 Å². The highest BCUT2D eigenvalue weighted by molar-refractivity contribution is 7.47. The van der Waals surface area contributed by atoms with Crippen molar-refractivity contribution in [2.75, 3.05) is 26.4 Å². The van der Waals surface area contributed by atoms with Crippen LogP contribution in [0.2, 0.25) is 0 Å². The van der Waals surface area contributed by atoms with Gasteiger partial charge in [0.15, 0.2) is 6.10 Å². The van der Waals surface area contributed by atoms with Crippen LogP contribution in [-0.2, 0) is 32.7 Å². The first-order valence-corrected chi connectivity index (χ1v) is 33.8. The van der Waals surface area contributed by atoms with Crippen molar-refractivity contribution in [2.24, 2.45) is 5.73 Å². The van der Waals surface area contributed by atoms with Gasteiger partial charge in [0.2, 0.25) is 0 Å². The van der Waals surface area contributed by atoms with E-state index in [9.17, 15) is 19.0 Å². The van der Waals surface area contributed by atoms with Gasteiger partial charge in [-0.05, 0) is 116 Å². The topological polar surface area (TPSA) is 134 Å². The van der Waals surface area contributed by atoms with Crippen molar-refractivity contribution in [3.8, 4) is 0 Å². The number of allylic oxidation sites excluding steroid dienone is 24. The normalized spacial score (nSPS) is 14.0. The number of unbranched alkanes of at least 4 members (excludes halogenated alkanes) is 22. The second-order valence-electron chi connectivity index (χ2n) is 20.9. The molecule has 9 nitrogen and oxygen atoms in total. The Labute approximate surface area is 496 Å². The number of ether oxygens (including phenoxy) is 2. The number of carbonyl (C=O) groups excluding carboxylic acids is 2. The number of phosphoric ester groups is 1. The third kappa shape index (κ3) is 64.9. The van der Waals surface area contributed by atoms with E-state index in [2.05, 4.69) is 160 Å². The molecule has 0 aliphatic heterocycles. The number of hydrogen-bond donors (Lipinski definition) is 2. The summed E-state index contributed by atoms with van der Waals surface area (Å²) >= 11 is 0. The Bertz CT molecular complexity index is 1830. The monoisotopic (exact) mass is 1140 g/mol. The Morgan fingerprint density at radius 3 is 0.951 bits per heavy atom. The van der Waals surface area contributed by atoms with E-state index in [1.54, 1.807) is 0 Å². The van der Waals surface area contributed by atoms with Crippen molar-refractivity contribution < 1.29 is 37.6 Å². The average molecular weight is 1140 g/mol. The number of nitrogens with two attached hydrogens (primary N) is 1. The van der Waals surface area contributed by atoms with Crippen molar-refractivity contribution in [3.63, 3.8) is 0 Å². The summed E-state index contributed by atoms with van der Waals surface area (Å²) in [6, 6.07) is 0. The van der Waals surface area contributed by atoms with E-state index in [0.717, 1.165) is 128 Å². The molecule has 0 spiro atoms. The van der Waals surface area contributed by atoms with Gasteiger partial charge in [0.25, 0.3) is 0 Å². The summed E-state index contributed by atoms with van der Waals surface area (Å²) < 4.78 is 33.1. The lowest BCUT2D eigenvalue weighted by atomic mass is 10.0. The van der Waals surface area contributed by atoms with Crippen LogP contribution in [0.4, 0.5) is 0 Å². The third-order valence-corrected chi connectivity index (χ3v) is 14.2. The summed E-state index contributed by atoms with van der Waals surface area (Å²) in [5.74, 6) is -0.853. The molecule has 0 bridgehead atoms. The number of rotatable bonds is 59. The molecule has 0 aromatic carbocycles. The maximum atomic E-state index is 12.7. The van der Waals surface area contributed by atoms with Gasteiger partial charge in [-0.15, -0.1) is 0 Å². The first-order chi connectivity index (χ1) is 39.8. The Hall–Kier alpha value is -4.11. The molecule has 0 amide bonds. The zero-order chi connectivity index (χ0) is 58.7. The maximum absolute atomic E-state index is 12.7. The van der Waals surface area contributed by atoms with Crippen LogP contribution >= 0.6 is 7.82 Å². The fourth-order valence-corrected chi connectivity index (χ4v) is 9.29. The highest BCUT2D eigenvalue weighted by atomic mass is 31.2. The van der Waals surface area contributed by atoms with Gasteiger partial charge in [-0.25, -0.2) is 4.57 Å². The fraction of sp³-hybridized carbons (Fsp3) is 0.634. The van der Waals surface area contributed by atoms with E-state index in [0.29, 0.717) is 12.8 Å². The van der Waals surface area contributed by atoms with Gasteiger partial charge >= 0.3 is 19.8 Å². The highest BCUT2D eigenvalue weighted by Crippen LogP contribution is 2.43. The third-order valence-electron chi connectivity index (χ3n) is 13.2. The molecule has 0 radical (unpaired) electrons. The molecule has 0 heterocycles. The zero-order valence-corrected chi connectivity index (χ0v) is 52.4. The molecule has 0 aromatic heterocycles. The summed E-state index contributed by atoms with van der Waals surface area (Å²) in [6.07, 6.45) is 93.5. The smallest absolute Gasteiger partial charge is 0.462 e. The van der Waals surface area contributed by atoms with Crippen molar-refractivity contribution in [2.45, 2.75) is 264 Å². The van der Waals surface area contributed by atoms with E-state index < -0.39 is 32.5 Å². The minimum absolute atomic E-state index is 0.0445. The van der Waals surface area contributed by atoms with Gasteiger partial charge in [-0.3, -0.25) is 18.6 Å². The van der Waals surface area contributed by atoms with Gasteiger partial charge < -0.3 is 20.1 Å². The molecule has 0 aliphatic carbocycles. The lowest BCUT2D eigenvalue weighted by Crippen LogP contribution is -2.29. The summed E-state index contributed by atoms with van der Waals surface area (Å²) in [6.45, 7) is 3.49. The number of esters is 2. The second kappa shape index (κ2) is 65.0. The Balaban J connectivity index is 3.92. The van der Waals surface area contributed by atoms with E-state index in [1.807, 2.05) is 0 Å². The zero-order valence-electron chi connectivity index (χ0n) is 51.5.